The first-order valence-corrected chi connectivity index (χ1v) is 4.35. The summed E-state index contributed by atoms with van der Waals surface area (Å²) in [4.78, 5) is 11.2. The van der Waals surface area contributed by atoms with Gasteiger partial charge in [-0.25, -0.2) is 4.79 Å². The Kier molecular flexibility index (Phi) is 3.93. The highest BCUT2D eigenvalue weighted by atomic mass is 16.5. The minimum absolute atomic E-state index is 0.0806. The predicted molar refractivity (Wildman–Crippen MR) is 49.8 cm³/mol. The van der Waals surface area contributed by atoms with Crippen molar-refractivity contribution in [3.8, 4) is 0 Å². The van der Waals surface area contributed by atoms with Crippen molar-refractivity contribution in [1.82, 2.24) is 10.5 Å². The van der Waals surface area contributed by atoms with Crippen LogP contribution in [0.1, 0.15) is 13.3 Å². The largest absolute Gasteiger partial charge is 0.394 e. The zero-order chi connectivity index (χ0) is 10.4. The van der Waals surface area contributed by atoms with Crippen LogP contribution < -0.4 is 10.6 Å². The van der Waals surface area contributed by atoms with Gasteiger partial charge in [0.2, 0.25) is 0 Å². The molecule has 0 saturated heterocycles. The Morgan fingerprint density at radius 2 is 2.57 bits per heavy atom. The molecule has 0 fully saturated rings. The monoisotopic (exact) mass is 199 g/mol. The topological polar surface area (TPSA) is 87.4 Å². The van der Waals surface area contributed by atoms with E-state index in [2.05, 4.69) is 20.3 Å². The predicted octanol–water partition coefficient (Wildman–Crippen LogP) is 0.567. The minimum atomic E-state index is -0.403. The molecule has 1 unspecified atom stereocenters. The molecule has 0 aliphatic rings. The molecule has 2 amide bonds. The minimum Gasteiger partial charge on any atom is -0.394 e. The maximum Gasteiger partial charge on any atom is 0.320 e. The van der Waals surface area contributed by atoms with Gasteiger partial charge in [-0.15, -0.1) is 0 Å². The van der Waals surface area contributed by atoms with Gasteiger partial charge in [-0.1, -0.05) is 12.1 Å². The highest BCUT2D eigenvalue weighted by Crippen LogP contribution is 2.00. The summed E-state index contributed by atoms with van der Waals surface area (Å²) in [6.07, 6.45) is 2.03. The van der Waals surface area contributed by atoms with Crippen LogP contribution in [0.3, 0.4) is 0 Å². The molecule has 0 aliphatic heterocycles. The zero-order valence-electron chi connectivity index (χ0n) is 7.86. The first-order chi connectivity index (χ1) is 6.76. The fourth-order valence-corrected chi connectivity index (χ4v) is 0.892. The van der Waals surface area contributed by atoms with E-state index in [1.54, 1.807) is 0 Å². The van der Waals surface area contributed by atoms with E-state index in [1.807, 2.05) is 6.92 Å². The summed E-state index contributed by atoms with van der Waals surface area (Å²) in [7, 11) is 0. The van der Waals surface area contributed by atoms with E-state index >= 15 is 0 Å². The lowest BCUT2D eigenvalue weighted by molar-refractivity contribution is 0.222. The molecule has 0 radical (unpaired) electrons. The Hall–Kier alpha value is -1.56. The van der Waals surface area contributed by atoms with Crippen LogP contribution in [0.2, 0.25) is 0 Å². The third-order valence-corrected chi connectivity index (χ3v) is 1.73. The van der Waals surface area contributed by atoms with Gasteiger partial charge in [-0.3, -0.25) is 5.32 Å². The fraction of sp³-hybridized carbons (Fsp3) is 0.500. The number of anilines is 1. The first-order valence-electron chi connectivity index (χ1n) is 4.35. The Balaban J connectivity index is 2.35. The van der Waals surface area contributed by atoms with Crippen LogP contribution in [0.15, 0.2) is 16.9 Å². The molecule has 0 aliphatic carbocycles. The number of aliphatic hydroxyl groups is 1. The van der Waals surface area contributed by atoms with E-state index in [4.69, 9.17) is 5.11 Å². The molecule has 3 N–H and O–H groups in total. The summed E-state index contributed by atoms with van der Waals surface area (Å²) in [5.74, 6) is 0.343. The van der Waals surface area contributed by atoms with Crippen molar-refractivity contribution in [2.24, 2.45) is 0 Å². The smallest absolute Gasteiger partial charge is 0.320 e. The molecular formula is C8H13N3O3. The summed E-state index contributed by atoms with van der Waals surface area (Å²) < 4.78 is 4.53. The van der Waals surface area contributed by atoms with Crippen LogP contribution in [-0.4, -0.2) is 28.9 Å². The summed E-state index contributed by atoms with van der Waals surface area (Å²) in [5.41, 5.74) is 0. The molecule has 1 aromatic heterocycles. The van der Waals surface area contributed by atoms with Crippen LogP contribution in [-0.2, 0) is 0 Å². The number of amides is 2. The highest BCUT2D eigenvalue weighted by Gasteiger charge is 2.09. The van der Waals surface area contributed by atoms with Crippen molar-refractivity contribution in [3.05, 3.63) is 12.3 Å². The molecule has 1 rings (SSSR count). The van der Waals surface area contributed by atoms with Crippen molar-refractivity contribution < 1.29 is 14.4 Å². The second-order valence-electron chi connectivity index (χ2n) is 2.77. The van der Waals surface area contributed by atoms with Gasteiger partial charge in [-0.05, 0) is 6.42 Å². The number of hydrogen-bond acceptors (Lipinski definition) is 4. The van der Waals surface area contributed by atoms with E-state index in [-0.39, 0.29) is 12.6 Å². The van der Waals surface area contributed by atoms with Crippen molar-refractivity contribution in [3.63, 3.8) is 0 Å². The zero-order valence-corrected chi connectivity index (χ0v) is 7.86. The van der Waals surface area contributed by atoms with Gasteiger partial charge >= 0.3 is 6.03 Å². The normalized spacial score (nSPS) is 12.1. The summed E-state index contributed by atoms with van der Waals surface area (Å²) in [6.45, 7) is 1.79. The van der Waals surface area contributed by atoms with E-state index < -0.39 is 6.03 Å². The third kappa shape index (κ3) is 3.06. The molecule has 6 nitrogen and oxygen atoms in total. The molecular weight excluding hydrogens is 186 g/mol. The lowest BCUT2D eigenvalue weighted by Crippen LogP contribution is -2.39. The maximum absolute atomic E-state index is 11.2. The van der Waals surface area contributed by atoms with Gasteiger partial charge < -0.3 is 14.9 Å². The molecule has 1 aromatic rings. The highest BCUT2D eigenvalue weighted by molar-refractivity contribution is 5.88. The number of nitrogens with zero attached hydrogens (tertiary/aromatic N) is 1. The van der Waals surface area contributed by atoms with Gasteiger partial charge in [0, 0.05) is 6.07 Å². The van der Waals surface area contributed by atoms with Gasteiger partial charge in [0.25, 0.3) is 0 Å². The Morgan fingerprint density at radius 1 is 1.79 bits per heavy atom. The van der Waals surface area contributed by atoms with Crippen molar-refractivity contribution in [2.45, 2.75) is 19.4 Å². The van der Waals surface area contributed by atoms with Crippen molar-refractivity contribution >= 4 is 11.8 Å². The number of urea groups is 1. The lowest BCUT2D eigenvalue weighted by Gasteiger charge is -2.13. The first kappa shape index (κ1) is 10.5. The summed E-state index contributed by atoms with van der Waals surface area (Å²) in [6, 6.07) is 0.890. The quantitative estimate of drug-likeness (QED) is 0.661. The van der Waals surface area contributed by atoms with Crippen LogP contribution >= 0.6 is 0 Å². The Morgan fingerprint density at radius 3 is 3.07 bits per heavy atom. The molecule has 78 valence electrons. The van der Waals surface area contributed by atoms with Crippen LogP contribution in [0.25, 0.3) is 0 Å². The number of carbonyl (C=O) groups excluding carboxylic acids is 1. The Bertz CT molecular complexity index is 269. The van der Waals surface area contributed by atoms with E-state index in [1.165, 1.54) is 12.3 Å². The van der Waals surface area contributed by atoms with Gasteiger partial charge in [0.1, 0.15) is 6.26 Å². The van der Waals surface area contributed by atoms with E-state index in [0.29, 0.717) is 12.2 Å². The van der Waals surface area contributed by atoms with Crippen LogP contribution in [0, 0.1) is 0 Å². The number of carbonyl (C=O) groups is 1. The van der Waals surface area contributed by atoms with E-state index in [0.717, 1.165) is 0 Å². The van der Waals surface area contributed by atoms with E-state index in [9.17, 15) is 4.79 Å². The maximum atomic E-state index is 11.2. The molecule has 0 spiro atoms. The number of nitrogens with one attached hydrogen (secondary N) is 2. The number of hydrogen-bond donors (Lipinski definition) is 3. The summed E-state index contributed by atoms with van der Waals surface area (Å²) >= 11 is 0. The van der Waals surface area contributed by atoms with Crippen molar-refractivity contribution in [2.75, 3.05) is 11.9 Å². The second-order valence-corrected chi connectivity index (χ2v) is 2.77. The molecule has 1 heterocycles. The molecule has 0 saturated carbocycles. The molecule has 6 heteroatoms. The van der Waals surface area contributed by atoms with Crippen LogP contribution in [0.5, 0.6) is 0 Å². The number of aromatic nitrogens is 1. The Labute approximate surface area is 81.3 Å². The van der Waals surface area contributed by atoms with Gasteiger partial charge in [0.15, 0.2) is 5.82 Å². The standard InChI is InChI=1S/C8H13N3O3/c1-2-6(5-12)9-8(13)10-7-3-4-14-11-7/h3-4,6,12H,2,5H2,1H3,(H2,9,10,11,13). The SMILES string of the molecule is CCC(CO)NC(=O)Nc1ccon1. The fourth-order valence-electron chi connectivity index (χ4n) is 0.892. The van der Waals surface area contributed by atoms with Gasteiger partial charge in [-0.2, -0.15) is 0 Å². The average molecular weight is 199 g/mol. The van der Waals surface area contributed by atoms with Crippen molar-refractivity contribution in [1.29, 1.82) is 0 Å². The third-order valence-electron chi connectivity index (χ3n) is 1.73. The second kappa shape index (κ2) is 5.23. The molecule has 0 aromatic carbocycles. The number of rotatable bonds is 4. The molecule has 14 heavy (non-hydrogen) atoms. The van der Waals surface area contributed by atoms with Crippen LogP contribution in [0.4, 0.5) is 10.6 Å². The average Bonchev–Trinajstić information content (AvgIpc) is 2.66. The summed E-state index contributed by atoms with van der Waals surface area (Å²) in [5, 5.41) is 17.4. The van der Waals surface area contributed by atoms with Gasteiger partial charge in [0.05, 0.1) is 12.6 Å². The lowest BCUT2D eigenvalue weighted by atomic mass is 10.2. The molecule has 1 atom stereocenters. The number of aliphatic hydroxyl groups excluding tert-OH is 1. The molecule has 0 bridgehead atoms.